The van der Waals surface area contributed by atoms with Gasteiger partial charge in [-0.1, -0.05) is 6.07 Å². The number of rotatable bonds is 9. The van der Waals surface area contributed by atoms with Crippen molar-refractivity contribution in [3.05, 3.63) is 72.6 Å². The number of nitrogens with one attached hydrogen (secondary N) is 1. The predicted molar refractivity (Wildman–Crippen MR) is 152 cm³/mol. The van der Waals surface area contributed by atoms with E-state index in [-0.39, 0.29) is 12.0 Å². The summed E-state index contributed by atoms with van der Waals surface area (Å²) in [4.78, 5) is 29.9. The van der Waals surface area contributed by atoms with E-state index in [9.17, 15) is 10.1 Å². The molecule has 0 bridgehead atoms. The van der Waals surface area contributed by atoms with Crippen molar-refractivity contribution in [2.24, 2.45) is 0 Å². The lowest BCUT2D eigenvalue weighted by atomic mass is 10.1. The van der Waals surface area contributed by atoms with E-state index in [0.29, 0.717) is 53.9 Å². The number of aromatic nitrogens is 5. The Balaban J connectivity index is 1.28. The summed E-state index contributed by atoms with van der Waals surface area (Å²) in [5, 5.41) is 16.8. The van der Waals surface area contributed by atoms with Crippen LogP contribution in [0, 0.1) is 11.3 Å². The quantitative estimate of drug-likeness (QED) is 0.329. The van der Waals surface area contributed by atoms with Gasteiger partial charge in [0.2, 0.25) is 5.95 Å². The number of methoxy groups -OCH3 is 1. The lowest BCUT2D eigenvalue weighted by Gasteiger charge is -2.32. The van der Waals surface area contributed by atoms with Gasteiger partial charge in [0.05, 0.1) is 24.9 Å². The van der Waals surface area contributed by atoms with Crippen LogP contribution in [0.2, 0.25) is 0 Å². The van der Waals surface area contributed by atoms with Crippen LogP contribution in [0.15, 0.2) is 61.4 Å². The first kappa shape index (κ1) is 27.5. The largest absolute Gasteiger partial charge is 0.495 e. The first-order chi connectivity index (χ1) is 19.9. The van der Waals surface area contributed by atoms with Crippen molar-refractivity contribution in [1.82, 2.24) is 34.5 Å². The lowest BCUT2D eigenvalue weighted by Crippen LogP contribution is -2.47. The molecule has 0 saturated carbocycles. The summed E-state index contributed by atoms with van der Waals surface area (Å²) in [5.74, 6) is 1.35. The van der Waals surface area contributed by atoms with Crippen molar-refractivity contribution in [2.45, 2.75) is 19.6 Å². The van der Waals surface area contributed by atoms with Crippen LogP contribution in [0.25, 0.3) is 11.1 Å². The Bertz CT molecular complexity index is 1530. The topological polar surface area (TPSA) is 134 Å². The SMILES string of the molecule is COc1cc(C(=O)N2CCN(C)CC2)ccc1Nc1ncc(-c2ccc(C#N)c(O[C@@H](C)Cn3cncn3)c2)cn1. The van der Waals surface area contributed by atoms with E-state index in [1.165, 1.54) is 6.33 Å². The van der Waals surface area contributed by atoms with Crippen molar-refractivity contribution >= 4 is 17.5 Å². The Labute approximate surface area is 238 Å². The van der Waals surface area contributed by atoms with E-state index >= 15 is 0 Å². The van der Waals surface area contributed by atoms with Gasteiger partial charge in [0.15, 0.2) is 0 Å². The molecule has 3 heterocycles. The number of hydrogen-bond acceptors (Lipinski definition) is 10. The maximum atomic E-state index is 13.0. The zero-order valence-corrected chi connectivity index (χ0v) is 23.2. The van der Waals surface area contributed by atoms with Gasteiger partial charge in [0.25, 0.3) is 5.91 Å². The summed E-state index contributed by atoms with van der Waals surface area (Å²) in [6, 6.07) is 12.8. The molecule has 5 rings (SSSR count). The standard InChI is InChI=1S/C29H31N9O3/c1-20(17-38-19-31-18-34-38)41-26-12-21(4-5-23(26)14-30)24-15-32-29(33-16-24)35-25-7-6-22(13-27(25)40-3)28(39)37-10-8-36(2)9-11-37/h4-7,12-13,15-16,18-20H,8-11,17H2,1-3H3,(H,32,33,35)/t20-/m0/s1. The molecule has 1 aliphatic rings. The number of carbonyl (C=O) groups excluding carboxylic acids is 1. The highest BCUT2D eigenvalue weighted by molar-refractivity contribution is 5.95. The highest BCUT2D eigenvalue weighted by Gasteiger charge is 2.21. The summed E-state index contributed by atoms with van der Waals surface area (Å²) >= 11 is 0. The van der Waals surface area contributed by atoms with Crippen molar-refractivity contribution in [1.29, 1.82) is 5.26 Å². The van der Waals surface area contributed by atoms with Crippen LogP contribution in [0.4, 0.5) is 11.6 Å². The molecule has 0 aliphatic carbocycles. The van der Waals surface area contributed by atoms with E-state index in [1.54, 1.807) is 60.8 Å². The number of anilines is 2. The summed E-state index contributed by atoms with van der Waals surface area (Å²) < 4.78 is 13.3. The Morgan fingerprint density at radius 1 is 1.07 bits per heavy atom. The number of carbonyl (C=O) groups is 1. The van der Waals surface area contributed by atoms with Gasteiger partial charge in [-0.25, -0.2) is 19.6 Å². The summed E-state index contributed by atoms with van der Waals surface area (Å²) in [6.07, 6.45) is 6.23. The first-order valence-corrected chi connectivity index (χ1v) is 13.2. The minimum absolute atomic E-state index is 0.0119. The number of piperazine rings is 1. The molecule has 1 amide bonds. The normalized spacial score (nSPS) is 14.2. The van der Waals surface area contributed by atoms with Crippen LogP contribution in [-0.2, 0) is 6.54 Å². The lowest BCUT2D eigenvalue weighted by molar-refractivity contribution is 0.0664. The Kier molecular flexibility index (Phi) is 8.36. The summed E-state index contributed by atoms with van der Waals surface area (Å²) in [5.41, 5.74) is 3.21. The molecule has 1 atom stereocenters. The highest BCUT2D eigenvalue weighted by atomic mass is 16.5. The second kappa shape index (κ2) is 12.4. The predicted octanol–water partition coefficient (Wildman–Crippen LogP) is 3.21. The van der Waals surface area contributed by atoms with Gasteiger partial charge in [-0.15, -0.1) is 0 Å². The van der Waals surface area contributed by atoms with E-state index in [2.05, 4.69) is 43.4 Å². The van der Waals surface area contributed by atoms with Crippen LogP contribution in [-0.4, -0.2) is 86.9 Å². The molecule has 12 nitrogen and oxygen atoms in total. The fourth-order valence-corrected chi connectivity index (χ4v) is 4.52. The van der Waals surface area contributed by atoms with E-state index in [1.807, 2.05) is 17.9 Å². The molecule has 1 aliphatic heterocycles. The average molecular weight is 554 g/mol. The van der Waals surface area contributed by atoms with Crippen LogP contribution < -0.4 is 14.8 Å². The number of nitrogens with zero attached hydrogens (tertiary/aromatic N) is 8. The van der Waals surface area contributed by atoms with Crippen LogP contribution in [0.1, 0.15) is 22.8 Å². The number of nitriles is 1. The number of likely N-dealkylation sites (N-methyl/N-ethyl adjacent to an activating group) is 1. The van der Waals surface area contributed by atoms with Crippen LogP contribution in [0.3, 0.4) is 0 Å². The molecule has 1 fully saturated rings. The van der Waals surface area contributed by atoms with Gasteiger partial charge in [-0.2, -0.15) is 10.4 Å². The van der Waals surface area contributed by atoms with E-state index < -0.39 is 0 Å². The van der Waals surface area contributed by atoms with E-state index in [4.69, 9.17) is 9.47 Å². The van der Waals surface area contributed by atoms with Gasteiger partial charge >= 0.3 is 0 Å². The zero-order chi connectivity index (χ0) is 28.8. The van der Waals surface area contributed by atoms with Crippen LogP contribution in [0.5, 0.6) is 11.5 Å². The highest BCUT2D eigenvalue weighted by Crippen LogP contribution is 2.30. The average Bonchev–Trinajstić information content (AvgIpc) is 3.50. The van der Waals surface area contributed by atoms with Crippen molar-refractivity contribution < 1.29 is 14.3 Å². The van der Waals surface area contributed by atoms with E-state index in [0.717, 1.165) is 24.2 Å². The molecule has 0 unspecified atom stereocenters. The number of hydrogen-bond donors (Lipinski definition) is 1. The zero-order valence-electron chi connectivity index (χ0n) is 23.2. The van der Waals surface area contributed by atoms with Crippen LogP contribution >= 0.6 is 0 Å². The minimum atomic E-state index is -0.236. The fourth-order valence-electron chi connectivity index (χ4n) is 4.52. The smallest absolute Gasteiger partial charge is 0.254 e. The molecule has 1 N–H and O–H groups in total. The van der Waals surface area contributed by atoms with Gasteiger partial charge in [0, 0.05) is 49.7 Å². The minimum Gasteiger partial charge on any atom is -0.495 e. The van der Waals surface area contributed by atoms with Crippen molar-refractivity contribution in [3.63, 3.8) is 0 Å². The summed E-state index contributed by atoms with van der Waals surface area (Å²) in [6.45, 7) is 5.51. The third-order valence-electron chi connectivity index (χ3n) is 6.81. The van der Waals surface area contributed by atoms with Gasteiger partial charge in [-0.05, 0) is 49.9 Å². The van der Waals surface area contributed by atoms with Gasteiger partial charge in [0.1, 0.15) is 36.3 Å². The second-order valence-electron chi connectivity index (χ2n) is 9.80. The molecule has 2 aromatic heterocycles. The molecule has 1 saturated heterocycles. The maximum Gasteiger partial charge on any atom is 0.254 e. The molecule has 2 aromatic carbocycles. The maximum absolute atomic E-state index is 13.0. The molecule has 0 spiro atoms. The Morgan fingerprint density at radius 3 is 2.54 bits per heavy atom. The molecule has 4 aromatic rings. The number of amides is 1. The van der Waals surface area contributed by atoms with Gasteiger partial charge < -0.3 is 24.6 Å². The Hall–Kier alpha value is -5.02. The van der Waals surface area contributed by atoms with Gasteiger partial charge in [-0.3, -0.25) is 4.79 Å². The first-order valence-electron chi connectivity index (χ1n) is 13.2. The molecule has 210 valence electrons. The monoisotopic (exact) mass is 553 g/mol. The van der Waals surface area contributed by atoms with Crippen molar-refractivity contribution in [2.75, 3.05) is 45.7 Å². The molecule has 0 radical (unpaired) electrons. The number of ether oxygens (including phenoxy) is 2. The molecule has 41 heavy (non-hydrogen) atoms. The molecular formula is C29H31N9O3. The Morgan fingerprint density at radius 2 is 1.85 bits per heavy atom. The number of benzene rings is 2. The van der Waals surface area contributed by atoms with Crippen molar-refractivity contribution in [3.8, 4) is 28.7 Å². The summed E-state index contributed by atoms with van der Waals surface area (Å²) in [7, 11) is 3.62. The third kappa shape index (κ3) is 6.59. The molecule has 12 heteroatoms. The third-order valence-corrected chi connectivity index (χ3v) is 6.81. The molecular weight excluding hydrogens is 522 g/mol. The second-order valence-corrected chi connectivity index (χ2v) is 9.80. The fraction of sp³-hybridized carbons (Fsp3) is 0.310.